The van der Waals surface area contributed by atoms with E-state index in [0.29, 0.717) is 29.2 Å². The molecule has 224 valence electrons. The lowest BCUT2D eigenvalue weighted by Gasteiger charge is -2.23. The Balaban J connectivity index is 1.58. The molecule has 0 unspecified atom stereocenters. The van der Waals surface area contributed by atoms with Crippen LogP contribution < -0.4 is 9.64 Å². The number of carbonyl (C=O) groups excluding carboxylic acids is 3. The molecule has 1 aliphatic rings. The zero-order chi connectivity index (χ0) is 31.5. The van der Waals surface area contributed by atoms with E-state index in [1.807, 2.05) is 30.3 Å². The molecule has 3 aromatic carbocycles. The molecule has 4 aromatic rings. The number of nitro groups is 1. The highest BCUT2D eigenvalue weighted by Gasteiger charge is 2.48. The molecule has 1 N–H and O–H groups in total. The van der Waals surface area contributed by atoms with Gasteiger partial charge < -0.3 is 14.6 Å². The second kappa shape index (κ2) is 12.5. The maximum atomic E-state index is 13.5. The number of aryl methyl sites for hydroxylation is 2. The normalized spacial score (nSPS) is 15.8. The number of carbonyl (C=O) groups is 3. The molecule has 1 fully saturated rings. The number of thiazole rings is 1. The van der Waals surface area contributed by atoms with Crippen LogP contribution in [0.3, 0.4) is 0 Å². The fourth-order valence-electron chi connectivity index (χ4n) is 4.84. The van der Waals surface area contributed by atoms with Crippen LogP contribution in [-0.2, 0) is 20.9 Å². The summed E-state index contributed by atoms with van der Waals surface area (Å²) in [6, 6.07) is 18.6. The zero-order valence-corrected chi connectivity index (χ0v) is 24.8. The number of nitrogens with zero attached hydrogens (tertiary/aromatic N) is 3. The number of amides is 1. The van der Waals surface area contributed by atoms with Gasteiger partial charge in [-0.2, -0.15) is 0 Å². The average molecular weight is 614 g/mol. The Morgan fingerprint density at radius 3 is 2.41 bits per heavy atom. The number of rotatable bonds is 9. The van der Waals surface area contributed by atoms with Crippen LogP contribution in [0.25, 0.3) is 5.76 Å². The van der Waals surface area contributed by atoms with Crippen LogP contribution in [0.5, 0.6) is 5.75 Å². The van der Waals surface area contributed by atoms with Crippen molar-refractivity contribution in [2.24, 2.45) is 0 Å². The van der Waals surface area contributed by atoms with Gasteiger partial charge in [-0.25, -0.2) is 9.78 Å². The fourth-order valence-corrected chi connectivity index (χ4v) is 5.83. The highest BCUT2D eigenvalue weighted by molar-refractivity contribution is 7.17. The molecule has 0 bridgehead atoms. The summed E-state index contributed by atoms with van der Waals surface area (Å²) >= 11 is 0.873. The van der Waals surface area contributed by atoms with Crippen LogP contribution in [0.1, 0.15) is 50.6 Å². The second-order valence-electron chi connectivity index (χ2n) is 9.90. The molecule has 2 heterocycles. The van der Waals surface area contributed by atoms with Crippen molar-refractivity contribution in [3.63, 3.8) is 0 Å². The van der Waals surface area contributed by atoms with Crippen molar-refractivity contribution in [2.45, 2.75) is 33.4 Å². The van der Waals surface area contributed by atoms with Crippen LogP contribution in [0, 0.1) is 24.0 Å². The van der Waals surface area contributed by atoms with E-state index in [1.165, 1.54) is 24.3 Å². The topological polar surface area (TPSA) is 149 Å². The summed E-state index contributed by atoms with van der Waals surface area (Å²) in [6.45, 7) is 5.49. The SMILES string of the molecule is CCOC(=O)c1sc(N2C(=O)C(=O)C(=C(O)c3ccc(OCc4ccccc4)c(C)c3)[C@H]2c2ccc([N+](=O)[O-])cc2)nc1C. The molecule has 12 heteroatoms. The Labute approximate surface area is 256 Å². The number of aliphatic hydroxyl groups is 1. The predicted molar refractivity (Wildman–Crippen MR) is 163 cm³/mol. The van der Waals surface area contributed by atoms with Crippen LogP contribution in [0.15, 0.2) is 78.4 Å². The minimum atomic E-state index is -1.19. The largest absolute Gasteiger partial charge is 0.507 e. The van der Waals surface area contributed by atoms with E-state index in [0.717, 1.165) is 21.8 Å². The Hall–Kier alpha value is -5.36. The van der Waals surface area contributed by atoms with Crippen molar-refractivity contribution in [1.29, 1.82) is 0 Å². The molecule has 0 spiro atoms. The Morgan fingerprint density at radius 1 is 1.07 bits per heavy atom. The molecule has 0 saturated carbocycles. The molecule has 0 radical (unpaired) electrons. The molecule has 44 heavy (non-hydrogen) atoms. The van der Waals surface area contributed by atoms with Gasteiger partial charge in [0.15, 0.2) is 5.13 Å². The first-order chi connectivity index (χ1) is 21.1. The number of non-ortho nitro benzene ring substituents is 1. The highest BCUT2D eigenvalue weighted by Crippen LogP contribution is 2.44. The van der Waals surface area contributed by atoms with Crippen molar-refractivity contribution in [3.05, 3.63) is 121 Å². The van der Waals surface area contributed by atoms with Crippen LogP contribution in [0.4, 0.5) is 10.8 Å². The standard InChI is InChI=1S/C32H27N3O8S/c1-4-42-31(39)29-19(3)33-32(44-29)34-26(21-10-13-23(14-11-21)35(40)41)25(28(37)30(34)38)27(36)22-12-15-24(18(2)16-22)43-17-20-8-6-5-7-9-20/h5-16,26,36H,4,17H2,1-3H3/t26-/m1/s1. The number of aliphatic hydroxyl groups excluding tert-OH is 1. The number of benzene rings is 3. The lowest BCUT2D eigenvalue weighted by Crippen LogP contribution is -2.29. The first-order valence-corrected chi connectivity index (χ1v) is 14.4. The van der Waals surface area contributed by atoms with Gasteiger partial charge in [-0.1, -0.05) is 41.7 Å². The van der Waals surface area contributed by atoms with Crippen LogP contribution in [0.2, 0.25) is 0 Å². The number of ketones is 1. The Kier molecular flexibility index (Phi) is 8.54. The minimum absolute atomic E-state index is 0.0379. The van der Waals surface area contributed by atoms with Gasteiger partial charge in [-0.05, 0) is 67.8 Å². The van der Waals surface area contributed by atoms with Gasteiger partial charge in [-0.15, -0.1) is 0 Å². The number of hydrogen-bond donors (Lipinski definition) is 1. The number of esters is 1. The van der Waals surface area contributed by atoms with Crippen molar-refractivity contribution in [1.82, 2.24) is 4.98 Å². The Bertz CT molecular complexity index is 1800. The number of Topliss-reactive ketones (excluding diaryl/α,β-unsaturated/α-hetero) is 1. The Morgan fingerprint density at radius 2 is 1.77 bits per heavy atom. The first-order valence-electron chi connectivity index (χ1n) is 13.6. The number of nitro benzene ring substituents is 1. The number of anilines is 1. The minimum Gasteiger partial charge on any atom is -0.507 e. The van der Waals surface area contributed by atoms with Gasteiger partial charge in [0.05, 0.1) is 28.8 Å². The van der Waals surface area contributed by atoms with Gasteiger partial charge in [0, 0.05) is 17.7 Å². The molecule has 1 amide bonds. The maximum absolute atomic E-state index is 13.5. The summed E-state index contributed by atoms with van der Waals surface area (Å²) < 4.78 is 11.0. The molecule has 1 saturated heterocycles. The predicted octanol–water partition coefficient (Wildman–Crippen LogP) is 6.05. The molecule has 11 nitrogen and oxygen atoms in total. The summed E-state index contributed by atoms with van der Waals surface area (Å²) in [5.41, 5.74) is 2.12. The molecule has 0 aliphatic carbocycles. The van der Waals surface area contributed by atoms with Crippen molar-refractivity contribution in [2.75, 3.05) is 11.5 Å². The van der Waals surface area contributed by atoms with Crippen molar-refractivity contribution >= 4 is 45.6 Å². The van der Waals surface area contributed by atoms with Crippen LogP contribution >= 0.6 is 11.3 Å². The monoisotopic (exact) mass is 613 g/mol. The second-order valence-corrected chi connectivity index (χ2v) is 10.9. The molecule has 1 aliphatic heterocycles. The van der Waals surface area contributed by atoms with Crippen molar-refractivity contribution in [3.8, 4) is 5.75 Å². The van der Waals surface area contributed by atoms with E-state index >= 15 is 0 Å². The van der Waals surface area contributed by atoms with Crippen molar-refractivity contribution < 1.29 is 33.9 Å². The third-order valence-corrected chi connectivity index (χ3v) is 8.14. The quantitative estimate of drug-likeness (QED) is 0.0594. The molecule has 1 aromatic heterocycles. The van der Waals surface area contributed by atoms with Gasteiger partial charge in [-0.3, -0.25) is 24.6 Å². The smallest absolute Gasteiger partial charge is 0.350 e. The highest BCUT2D eigenvalue weighted by atomic mass is 32.1. The van der Waals surface area contributed by atoms with Gasteiger partial charge in [0.1, 0.15) is 23.0 Å². The summed E-state index contributed by atoms with van der Waals surface area (Å²) in [6.07, 6.45) is 0. The zero-order valence-electron chi connectivity index (χ0n) is 24.0. The van der Waals surface area contributed by atoms with Gasteiger partial charge >= 0.3 is 11.9 Å². The molecule has 1 atom stereocenters. The lowest BCUT2D eigenvalue weighted by atomic mass is 9.94. The lowest BCUT2D eigenvalue weighted by molar-refractivity contribution is -0.384. The van der Waals surface area contributed by atoms with Crippen LogP contribution in [-0.4, -0.2) is 39.3 Å². The molecular weight excluding hydrogens is 586 g/mol. The summed E-state index contributed by atoms with van der Waals surface area (Å²) in [5.74, 6) is -2.44. The number of aromatic nitrogens is 1. The van der Waals surface area contributed by atoms with E-state index in [4.69, 9.17) is 9.47 Å². The third-order valence-electron chi connectivity index (χ3n) is 7.00. The van der Waals surface area contributed by atoms with E-state index in [2.05, 4.69) is 4.98 Å². The van der Waals surface area contributed by atoms with Gasteiger partial charge in [0.2, 0.25) is 0 Å². The maximum Gasteiger partial charge on any atom is 0.350 e. The molecular formula is C32H27N3O8S. The van der Waals surface area contributed by atoms with E-state index in [9.17, 15) is 29.6 Å². The van der Waals surface area contributed by atoms with E-state index < -0.39 is 34.4 Å². The summed E-state index contributed by atoms with van der Waals surface area (Å²) in [7, 11) is 0. The number of hydrogen-bond acceptors (Lipinski definition) is 10. The summed E-state index contributed by atoms with van der Waals surface area (Å²) in [5, 5.41) is 22.9. The third kappa shape index (κ3) is 5.79. The van der Waals surface area contributed by atoms with E-state index in [1.54, 1.807) is 39.0 Å². The first kappa shape index (κ1) is 30.1. The average Bonchev–Trinajstić information content (AvgIpc) is 3.52. The van der Waals surface area contributed by atoms with E-state index in [-0.39, 0.29) is 33.4 Å². The van der Waals surface area contributed by atoms with Gasteiger partial charge in [0.25, 0.3) is 11.5 Å². The molecule has 5 rings (SSSR count). The fraction of sp³-hybridized carbons (Fsp3) is 0.188. The number of ether oxygens (including phenoxy) is 2. The summed E-state index contributed by atoms with van der Waals surface area (Å²) in [4.78, 5) is 55.9.